The molecule has 104 valence electrons. The van der Waals surface area contributed by atoms with Crippen LogP contribution in [0.3, 0.4) is 0 Å². The summed E-state index contributed by atoms with van der Waals surface area (Å²) in [4.78, 5) is 1.17. The molecule has 1 aromatic heterocycles. The Morgan fingerprint density at radius 1 is 1.37 bits per heavy atom. The molecule has 19 heavy (non-hydrogen) atoms. The lowest BCUT2D eigenvalue weighted by Crippen LogP contribution is -2.19. The predicted molar refractivity (Wildman–Crippen MR) is 79.0 cm³/mol. The highest BCUT2D eigenvalue weighted by Crippen LogP contribution is 2.33. The maximum Gasteiger partial charge on any atom is 0.141 e. The summed E-state index contributed by atoms with van der Waals surface area (Å²) in [5.74, 6) is 0.465. The molecule has 0 aliphatic rings. The van der Waals surface area contributed by atoms with Gasteiger partial charge in [0.25, 0.3) is 0 Å². The third-order valence-corrected chi connectivity index (χ3v) is 4.24. The van der Waals surface area contributed by atoms with E-state index in [0.717, 1.165) is 28.7 Å². The van der Waals surface area contributed by atoms with E-state index in [1.54, 1.807) is 13.2 Å². The second kappa shape index (κ2) is 6.46. The molecular formula is C15H20FNOS. The summed E-state index contributed by atoms with van der Waals surface area (Å²) in [7, 11) is 1.67. The molecule has 0 fully saturated rings. The van der Waals surface area contributed by atoms with Crippen LogP contribution in [-0.2, 0) is 17.9 Å². The third kappa shape index (κ3) is 3.32. The van der Waals surface area contributed by atoms with Gasteiger partial charge in [-0.2, -0.15) is 0 Å². The van der Waals surface area contributed by atoms with Crippen LogP contribution in [0.1, 0.15) is 24.3 Å². The Bertz CT molecular complexity index is 550. The van der Waals surface area contributed by atoms with Crippen LogP contribution in [-0.4, -0.2) is 13.7 Å². The van der Waals surface area contributed by atoms with E-state index < -0.39 is 0 Å². The second-order valence-electron chi connectivity index (χ2n) is 5.08. The number of thiophene rings is 1. The summed E-state index contributed by atoms with van der Waals surface area (Å²) >= 11 is 1.52. The average molecular weight is 281 g/mol. The standard InChI is InChI=1S/C15H20FNOS/c1-10(2)7-17-8-14-12(9-18-3)11-5-4-6-13(16)15(11)19-14/h4-6,10,17H,7-9H2,1-3H3. The highest BCUT2D eigenvalue weighted by molar-refractivity contribution is 7.19. The molecule has 0 radical (unpaired) electrons. The number of fused-ring (bicyclic) bond motifs is 1. The van der Waals surface area contributed by atoms with Gasteiger partial charge >= 0.3 is 0 Å². The van der Waals surface area contributed by atoms with E-state index in [1.807, 2.05) is 6.07 Å². The zero-order valence-electron chi connectivity index (χ0n) is 11.6. The third-order valence-electron chi connectivity index (χ3n) is 2.98. The summed E-state index contributed by atoms with van der Waals surface area (Å²) in [5, 5.41) is 4.39. The topological polar surface area (TPSA) is 21.3 Å². The minimum atomic E-state index is -0.144. The quantitative estimate of drug-likeness (QED) is 0.866. The fraction of sp³-hybridized carbons (Fsp3) is 0.467. The predicted octanol–water partition coefficient (Wildman–Crippen LogP) is 3.93. The van der Waals surface area contributed by atoms with Crippen LogP contribution in [0, 0.1) is 11.7 Å². The van der Waals surface area contributed by atoms with Gasteiger partial charge in [-0.15, -0.1) is 11.3 Å². The SMILES string of the molecule is COCc1c(CNCC(C)C)sc2c(F)cccc12. The lowest BCUT2D eigenvalue weighted by atomic mass is 10.1. The normalized spacial score (nSPS) is 11.6. The van der Waals surface area contributed by atoms with Crippen LogP contribution in [0.2, 0.25) is 0 Å². The lowest BCUT2D eigenvalue weighted by Gasteiger charge is -2.08. The summed E-state index contributed by atoms with van der Waals surface area (Å²) in [5.41, 5.74) is 1.11. The zero-order valence-corrected chi connectivity index (χ0v) is 12.4. The summed E-state index contributed by atoms with van der Waals surface area (Å²) in [6.07, 6.45) is 0. The van der Waals surface area contributed by atoms with Gasteiger partial charge in [0, 0.05) is 29.5 Å². The Kier molecular flexibility index (Phi) is 4.91. The summed E-state index contributed by atoms with van der Waals surface area (Å²) in [6.45, 7) is 6.61. The molecule has 0 spiro atoms. The van der Waals surface area contributed by atoms with Crippen LogP contribution >= 0.6 is 11.3 Å². The summed E-state index contributed by atoms with van der Waals surface area (Å²) in [6, 6.07) is 5.24. The highest BCUT2D eigenvalue weighted by atomic mass is 32.1. The molecule has 0 atom stereocenters. The molecule has 2 rings (SSSR count). The van der Waals surface area contributed by atoms with Gasteiger partial charge in [0.05, 0.1) is 11.3 Å². The van der Waals surface area contributed by atoms with Crippen molar-refractivity contribution in [3.8, 4) is 0 Å². The Hall–Kier alpha value is -0.970. The molecule has 0 saturated heterocycles. The number of hydrogen-bond acceptors (Lipinski definition) is 3. The van der Waals surface area contributed by atoms with Crippen molar-refractivity contribution in [3.05, 3.63) is 34.5 Å². The zero-order chi connectivity index (χ0) is 13.8. The Morgan fingerprint density at radius 2 is 2.16 bits per heavy atom. The maximum atomic E-state index is 13.8. The minimum Gasteiger partial charge on any atom is -0.380 e. The van der Waals surface area contributed by atoms with Gasteiger partial charge in [-0.05, 0) is 18.5 Å². The van der Waals surface area contributed by atoms with E-state index in [2.05, 4.69) is 19.2 Å². The van der Waals surface area contributed by atoms with Crippen molar-refractivity contribution in [2.75, 3.05) is 13.7 Å². The first-order valence-corrected chi connectivity index (χ1v) is 7.33. The van der Waals surface area contributed by atoms with E-state index in [9.17, 15) is 4.39 Å². The fourth-order valence-electron chi connectivity index (χ4n) is 2.10. The van der Waals surface area contributed by atoms with E-state index in [1.165, 1.54) is 22.3 Å². The van der Waals surface area contributed by atoms with Gasteiger partial charge in [0.15, 0.2) is 0 Å². The number of rotatable bonds is 6. The molecular weight excluding hydrogens is 261 g/mol. The van der Waals surface area contributed by atoms with E-state index in [4.69, 9.17) is 4.74 Å². The van der Waals surface area contributed by atoms with Gasteiger partial charge in [-0.3, -0.25) is 0 Å². The number of benzene rings is 1. The first kappa shape index (κ1) is 14.4. The molecule has 0 aliphatic carbocycles. The van der Waals surface area contributed by atoms with Crippen molar-refractivity contribution >= 4 is 21.4 Å². The van der Waals surface area contributed by atoms with E-state index in [0.29, 0.717) is 12.5 Å². The van der Waals surface area contributed by atoms with Crippen LogP contribution in [0.5, 0.6) is 0 Å². The fourth-order valence-corrected chi connectivity index (χ4v) is 3.28. The van der Waals surface area contributed by atoms with Crippen molar-refractivity contribution in [1.82, 2.24) is 5.32 Å². The first-order chi connectivity index (χ1) is 9.13. The van der Waals surface area contributed by atoms with Crippen molar-refractivity contribution in [2.45, 2.75) is 27.0 Å². The van der Waals surface area contributed by atoms with E-state index in [-0.39, 0.29) is 5.82 Å². The summed E-state index contributed by atoms with van der Waals surface area (Å²) < 4.78 is 19.8. The van der Waals surface area contributed by atoms with E-state index >= 15 is 0 Å². The number of hydrogen-bond donors (Lipinski definition) is 1. The number of methoxy groups -OCH3 is 1. The van der Waals surface area contributed by atoms with Gasteiger partial charge in [-0.1, -0.05) is 26.0 Å². The Balaban J connectivity index is 2.30. The molecule has 0 aliphatic heterocycles. The van der Waals surface area contributed by atoms with Crippen molar-refractivity contribution < 1.29 is 9.13 Å². The van der Waals surface area contributed by atoms with Crippen LogP contribution < -0.4 is 5.32 Å². The molecule has 1 heterocycles. The first-order valence-electron chi connectivity index (χ1n) is 6.52. The highest BCUT2D eigenvalue weighted by Gasteiger charge is 2.14. The van der Waals surface area contributed by atoms with Gasteiger partial charge in [-0.25, -0.2) is 4.39 Å². The molecule has 2 aromatic rings. The van der Waals surface area contributed by atoms with Crippen LogP contribution in [0.15, 0.2) is 18.2 Å². The lowest BCUT2D eigenvalue weighted by molar-refractivity contribution is 0.185. The number of ether oxygens (including phenoxy) is 1. The second-order valence-corrected chi connectivity index (χ2v) is 6.18. The average Bonchev–Trinajstić information content (AvgIpc) is 2.70. The van der Waals surface area contributed by atoms with Gasteiger partial charge < -0.3 is 10.1 Å². The smallest absolute Gasteiger partial charge is 0.141 e. The van der Waals surface area contributed by atoms with Crippen molar-refractivity contribution in [3.63, 3.8) is 0 Å². The Morgan fingerprint density at radius 3 is 2.84 bits per heavy atom. The largest absolute Gasteiger partial charge is 0.380 e. The maximum absolute atomic E-state index is 13.8. The van der Waals surface area contributed by atoms with Crippen molar-refractivity contribution in [2.24, 2.45) is 5.92 Å². The van der Waals surface area contributed by atoms with Crippen molar-refractivity contribution in [1.29, 1.82) is 0 Å². The number of halogens is 1. The van der Waals surface area contributed by atoms with Crippen LogP contribution in [0.25, 0.3) is 10.1 Å². The number of nitrogens with one attached hydrogen (secondary N) is 1. The molecule has 0 amide bonds. The molecule has 2 nitrogen and oxygen atoms in total. The van der Waals surface area contributed by atoms with Crippen LogP contribution in [0.4, 0.5) is 4.39 Å². The van der Waals surface area contributed by atoms with Gasteiger partial charge in [0.2, 0.25) is 0 Å². The molecule has 0 bridgehead atoms. The van der Waals surface area contributed by atoms with Gasteiger partial charge in [0.1, 0.15) is 5.82 Å². The minimum absolute atomic E-state index is 0.144. The Labute approximate surface area is 117 Å². The molecule has 1 N–H and O–H groups in total. The monoisotopic (exact) mass is 281 g/mol. The molecule has 4 heteroatoms. The molecule has 0 saturated carbocycles. The molecule has 0 unspecified atom stereocenters. The molecule has 1 aromatic carbocycles.